The predicted octanol–water partition coefficient (Wildman–Crippen LogP) is 0.654. The van der Waals surface area contributed by atoms with Crippen molar-refractivity contribution >= 4 is 56.2 Å². The number of anilines is 1. The van der Waals surface area contributed by atoms with Gasteiger partial charge in [0.05, 0.1) is 18.1 Å². The van der Waals surface area contributed by atoms with Crippen molar-refractivity contribution in [3.05, 3.63) is 11.1 Å². The second kappa shape index (κ2) is 11.1. The molecule has 0 unspecified atom stereocenters. The number of nitrogen functional groups attached to an aromatic ring is 1. The summed E-state index contributed by atoms with van der Waals surface area (Å²) in [5, 5.41) is 16.7. The highest BCUT2D eigenvalue weighted by molar-refractivity contribution is 7.85. The van der Waals surface area contributed by atoms with Crippen molar-refractivity contribution < 1.29 is 46.5 Å². The molecule has 1 aliphatic heterocycles. The Morgan fingerprint density at radius 1 is 1.21 bits per heavy atom. The zero-order valence-corrected chi connectivity index (χ0v) is 24.4. The van der Waals surface area contributed by atoms with Crippen molar-refractivity contribution in [3.63, 3.8) is 0 Å². The number of hydrogen-bond acceptors (Lipinski definition) is 13. The molecule has 2 heterocycles. The summed E-state index contributed by atoms with van der Waals surface area (Å²) in [7, 11) is -4.63. The zero-order valence-electron chi connectivity index (χ0n) is 22.8. The summed E-state index contributed by atoms with van der Waals surface area (Å²) in [5.41, 5.74) is 1.13. The third-order valence-electron chi connectivity index (χ3n) is 5.24. The van der Waals surface area contributed by atoms with Crippen LogP contribution in [0.4, 0.5) is 5.13 Å². The average Bonchev–Trinajstić information content (AvgIpc) is 3.20. The molecule has 17 heteroatoms. The molecule has 0 aliphatic carbocycles. The van der Waals surface area contributed by atoms with E-state index in [9.17, 15) is 32.7 Å². The zero-order chi connectivity index (χ0) is 30.1. The first kappa shape index (κ1) is 31.9. The molecule has 15 nitrogen and oxygen atoms in total. The van der Waals surface area contributed by atoms with Crippen LogP contribution in [0.5, 0.6) is 0 Å². The molecule has 218 valence electrons. The summed E-state index contributed by atoms with van der Waals surface area (Å²) in [6.07, 6.45) is 0. The highest BCUT2D eigenvalue weighted by Crippen LogP contribution is 2.28. The molecular formula is C22H33N5O10S2. The van der Waals surface area contributed by atoms with Crippen LogP contribution in [-0.4, -0.2) is 82.2 Å². The van der Waals surface area contributed by atoms with Gasteiger partial charge in [0.15, 0.2) is 10.8 Å². The Kier molecular flexibility index (Phi) is 9.04. The highest BCUT2D eigenvalue weighted by Gasteiger charge is 2.53. The average molecular weight is 592 g/mol. The maximum atomic E-state index is 13.0. The molecule has 1 aliphatic rings. The van der Waals surface area contributed by atoms with E-state index in [1.165, 1.54) is 40.0 Å². The lowest BCUT2D eigenvalue weighted by molar-refractivity contribution is -0.167. The monoisotopic (exact) mass is 591 g/mol. The molecule has 0 spiro atoms. The summed E-state index contributed by atoms with van der Waals surface area (Å²) in [5.74, 6) is -4.05. The van der Waals surface area contributed by atoms with Gasteiger partial charge in [-0.25, -0.2) is 14.1 Å². The summed E-state index contributed by atoms with van der Waals surface area (Å²) in [6.45, 7) is 11.0. The van der Waals surface area contributed by atoms with Gasteiger partial charge >= 0.3 is 22.2 Å². The minimum absolute atomic E-state index is 0.0483. The normalized spacial score (nSPS) is 18.8. The number of nitrogens with one attached hydrogen (secondary N) is 1. The Balaban J connectivity index is 2.15. The largest absolute Gasteiger partial charge is 0.478 e. The standard InChI is InChI=1S/C22H33N5O10S2/c1-11-13(16(29)27(11)39(33,34)35-10-21(5,6)18(32)36-20(2,3)4)25-15(28)14(12-9-38-19(23)24-12)26-37-22(7,8)17(30)31/h9,11,13H,10H2,1-8H3,(H2,23,24)(H,25,28)(H,30,31)/b26-14+/t11-,13-/m0/s1. The van der Waals surface area contributed by atoms with Crippen LogP contribution >= 0.6 is 11.3 Å². The number of β-lactam (4-membered cyclic amide) rings is 1. The van der Waals surface area contributed by atoms with Crippen LogP contribution in [0.2, 0.25) is 0 Å². The van der Waals surface area contributed by atoms with Gasteiger partial charge in [-0.05, 0) is 55.4 Å². The molecule has 4 N–H and O–H groups in total. The van der Waals surface area contributed by atoms with Gasteiger partial charge in [0.1, 0.15) is 17.3 Å². The van der Waals surface area contributed by atoms with E-state index in [0.717, 1.165) is 11.3 Å². The Morgan fingerprint density at radius 3 is 2.26 bits per heavy atom. The van der Waals surface area contributed by atoms with Crippen molar-refractivity contribution in [1.82, 2.24) is 14.6 Å². The molecule has 1 aromatic heterocycles. The summed E-state index contributed by atoms with van der Waals surface area (Å²) >= 11 is 0.975. The number of amides is 2. The lowest BCUT2D eigenvalue weighted by atomic mass is 9.95. The number of ether oxygens (including phenoxy) is 1. The number of carboxylic acid groups (broad SMARTS) is 1. The second-order valence-corrected chi connectivity index (χ2v) is 13.2. The number of carbonyl (C=O) groups is 4. The minimum Gasteiger partial charge on any atom is -0.478 e. The van der Waals surface area contributed by atoms with Gasteiger partial charge in [0, 0.05) is 5.38 Å². The van der Waals surface area contributed by atoms with Gasteiger partial charge in [-0.15, -0.1) is 11.3 Å². The van der Waals surface area contributed by atoms with Gasteiger partial charge in [-0.2, -0.15) is 8.42 Å². The van der Waals surface area contributed by atoms with Crippen molar-refractivity contribution in [2.75, 3.05) is 12.3 Å². The van der Waals surface area contributed by atoms with E-state index >= 15 is 0 Å². The number of thiazole rings is 1. The molecule has 0 saturated carbocycles. The number of nitrogens with zero attached hydrogens (tertiary/aromatic N) is 3. The van der Waals surface area contributed by atoms with E-state index < -0.39 is 75.1 Å². The van der Waals surface area contributed by atoms with Crippen molar-refractivity contribution in [1.29, 1.82) is 0 Å². The number of carboxylic acids is 1. The van der Waals surface area contributed by atoms with Crippen LogP contribution in [0.3, 0.4) is 0 Å². The third kappa shape index (κ3) is 7.63. The molecule has 2 atom stereocenters. The van der Waals surface area contributed by atoms with Crippen LogP contribution in [0, 0.1) is 5.41 Å². The first-order chi connectivity index (χ1) is 17.6. The molecule has 1 fully saturated rings. The molecule has 39 heavy (non-hydrogen) atoms. The Morgan fingerprint density at radius 2 is 1.79 bits per heavy atom. The van der Waals surface area contributed by atoms with Gasteiger partial charge in [-0.1, -0.05) is 5.16 Å². The lowest BCUT2D eigenvalue weighted by Gasteiger charge is -2.43. The summed E-state index contributed by atoms with van der Waals surface area (Å²) in [4.78, 5) is 58.4. The number of esters is 1. The van der Waals surface area contributed by atoms with Crippen molar-refractivity contribution in [3.8, 4) is 0 Å². The van der Waals surface area contributed by atoms with E-state index in [1.807, 2.05) is 0 Å². The van der Waals surface area contributed by atoms with E-state index in [2.05, 4.69) is 15.5 Å². The molecule has 2 amide bonds. The number of aromatic nitrogens is 1. The number of oxime groups is 1. The predicted molar refractivity (Wildman–Crippen MR) is 139 cm³/mol. The minimum atomic E-state index is -4.63. The van der Waals surface area contributed by atoms with Crippen molar-refractivity contribution in [2.45, 2.75) is 78.7 Å². The van der Waals surface area contributed by atoms with Crippen LogP contribution in [0.25, 0.3) is 0 Å². The maximum absolute atomic E-state index is 13.0. The second-order valence-electron chi connectivity index (χ2n) is 10.8. The van der Waals surface area contributed by atoms with Gasteiger partial charge in [0.2, 0.25) is 5.60 Å². The third-order valence-corrected chi connectivity index (χ3v) is 7.33. The SMILES string of the molecule is C[C@H]1[C@H](NC(=O)/C(=N/OC(C)(C)C(=O)O)c2csc(N)n2)C(=O)N1S(=O)(=O)OCC(C)(C)C(=O)OC(C)(C)C. The summed E-state index contributed by atoms with van der Waals surface area (Å²) in [6, 6.07) is -2.38. The van der Waals surface area contributed by atoms with E-state index in [0.29, 0.717) is 4.31 Å². The number of nitrogens with two attached hydrogens (primary N) is 1. The molecular weight excluding hydrogens is 558 g/mol. The molecule has 0 bridgehead atoms. The van der Waals surface area contributed by atoms with Gasteiger partial charge < -0.3 is 25.7 Å². The topological polar surface area (TPSA) is 217 Å². The van der Waals surface area contributed by atoms with Crippen molar-refractivity contribution in [2.24, 2.45) is 10.6 Å². The van der Waals surface area contributed by atoms with Crippen LogP contribution < -0.4 is 11.1 Å². The fourth-order valence-corrected chi connectivity index (χ4v) is 4.82. The quantitative estimate of drug-likeness (QED) is 0.140. The van der Waals surface area contributed by atoms with Crippen LogP contribution in [-0.2, 0) is 43.2 Å². The highest BCUT2D eigenvalue weighted by atomic mass is 32.2. The fourth-order valence-electron chi connectivity index (χ4n) is 2.86. The smallest absolute Gasteiger partial charge is 0.365 e. The molecule has 0 radical (unpaired) electrons. The van der Waals surface area contributed by atoms with Gasteiger partial charge in [-0.3, -0.25) is 18.6 Å². The number of rotatable bonds is 11. The Bertz CT molecular complexity index is 1280. The Hall–Kier alpha value is -3.31. The molecule has 1 aromatic rings. The number of aliphatic carboxylic acids is 1. The molecule has 1 saturated heterocycles. The lowest BCUT2D eigenvalue weighted by Crippen LogP contribution is -2.71. The van der Waals surface area contributed by atoms with Crippen LogP contribution in [0.15, 0.2) is 10.5 Å². The first-order valence-electron chi connectivity index (χ1n) is 11.6. The van der Waals surface area contributed by atoms with Crippen LogP contribution in [0.1, 0.15) is 61.1 Å². The van der Waals surface area contributed by atoms with E-state index in [1.54, 1.807) is 20.8 Å². The molecule has 2 rings (SSSR count). The molecule has 0 aromatic carbocycles. The Labute approximate surface area is 229 Å². The summed E-state index contributed by atoms with van der Waals surface area (Å²) < 4.78 is 36.2. The maximum Gasteiger partial charge on any atom is 0.365 e. The van der Waals surface area contributed by atoms with E-state index in [-0.39, 0.29) is 10.8 Å². The number of carbonyl (C=O) groups excluding carboxylic acids is 3. The van der Waals surface area contributed by atoms with E-state index in [4.69, 9.17) is 19.5 Å². The van der Waals surface area contributed by atoms with Gasteiger partial charge in [0.25, 0.3) is 11.8 Å². The number of hydrogen-bond donors (Lipinski definition) is 3. The fraction of sp³-hybridized carbons (Fsp3) is 0.636. The first-order valence-corrected chi connectivity index (χ1v) is 13.8.